The van der Waals surface area contributed by atoms with Crippen molar-refractivity contribution < 1.29 is 9.53 Å². The molecule has 1 aliphatic heterocycles. The number of piperidine rings is 1. The SMILES string of the molecule is C#C.COC(=O)C1C(c2ccc(C)cc2)CCN(C/C=C/CCl)C1C. The number of hydrogen-bond donors (Lipinski definition) is 0. The topological polar surface area (TPSA) is 29.5 Å². The van der Waals surface area contributed by atoms with E-state index in [-0.39, 0.29) is 23.8 Å². The number of methoxy groups -OCH3 is 1. The molecule has 1 saturated heterocycles. The molecule has 0 bridgehead atoms. The van der Waals surface area contributed by atoms with Crippen molar-refractivity contribution in [1.29, 1.82) is 0 Å². The maximum absolute atomic E-state index is 12.4. The van der Waals surface area contributed by atoms with Gasteiger partial charge in [-0.15, -0.1) is 24.4 Å². The van der Waals surface area contributed by atoms with Gasteiger partial charge in [0.05, 0.1) is 13.0 Å². The Balaban J connectivity index is 0.00000151. The number of nitrogens with zero attached hydrogens (tertiary/aromatic N) is 1. The lowest BCUT2D eigenvalue weighted by molar-refractivity contribution is -0.150. The minimum Gasteiger partial charge on any atom is -0.469 e. The predicted octanol–water partition coefficient (Wildman–Crippen LogP) is 4.01. The predicted molar refractivity (Wildman–Crippen MR) is 105 cm³/mol. The Morgan fingerprint density at radius 3 is 2.52 bits per heavy atom. The molecule has 136 valence electrons. The Hall–Kier alpha value is -1.76. The summed E-state index contributed by atoms with van der Waals surface area (Å²) in [5, 5.41) is 0. The zero-order valence-corrected chi connectivity index (χ0v) is 16.1. The van der Waals surface area contributed by atoms with Crippen LogP contribution in [0.4, 0.5) is 0 Å². The molecule has 0 amide bonds. The molecule has 1 aromatic carbocycles. The lowest BCUT2D eigenvalue weighted by Crippen LogP contribution is -2.50. The highest BCUT2D eigenvalue weighted by Gasteiger charge is 2.41. The summed E-state index contributed by atoms with van der Waals surface area (Å²) in [5.74, 6) is 0.482. The number of hydrogen-bond acceptors (Lipinski definition) is 3. The van der Waals surface area contributed by atoms with E-state index in [9.17, 15) is 4.79 Å². The highest BCUT2D eigenvalue weighted by atomic mass is 35.5. The second-order valence-corrected chi connectivity index (χ2v) is 6.52. The number of carbonyl (C=O) groups is 1. The number of aryl methyl sites for hydroxylation is 1. The molecule has 2 rings (SSSR count). The molecule has 1 aliphatic rings. The van der Waals surface area contributed by atoms with Gasteiger partial charge in [0.15, 0.2) is 0 Å². The largest absolute Gasteiger partial charge is 0.469 e. The van der Waals surface area contributed by atoms with Crippen LogP contribution in [-0.4, -0.2) is 43.0 Å². The molecule has 0 N–H and O–H groups in total. The molecule has 25 heavy (non-hydrogen) atoms. The van der Waals surface area contributed by atoms with Crippen LogP contribution in [0.3, 0.4) is 0 Å². The Bertz CT molecular complexity index is 579. The average molecular weight is 362 g/mol. The fraction of sp³-hybridized carbons (Fsp3) is 0.476. The molecular formula is C21H28ClNO2. The minimum atomic E-state index is -0.138. The molecule has 1 heterocycles. The fourth-order valence-electron chi connectivity index (χ4n) is 3.47. The number of alkyl halides is 1. The first-order valence-electron chi connectivity index (χ1n) is 8.51. The van der Waals surface area contributed by atoms with Gasteiger partial charge in [-0.25, -0.2) is 0 Å². The number of ether oxygens (including phenoxy) is 1. The van der Waals surface area contributed by atoms with Crippen LogP contribution in [0.1, 0.15) is 30.4 Å². The van der Waals surface area contributed by atoms with Crippen LogP contribution in [-0.2, 0) is 9.53 Å². The first kappa shape index (κ1) is 21.3. The van der Waals surface area contributed by atoms with Crippen LogP contribution in [0.2, 0.25) is 0 Å². The van der Waals surface area contributed by atoms with Gasteiger partial charge in [-0.2, -0.15) is 0 Å². The maximum Gasteiger partial charge on any atom is 0.310 e. The second-order valence-electron chi connectivity index (χ2n) is 6.22. The number of terminal acetylenes is 1. The number of halogens is 1. The molecule has 3 nitrogen and oxygen atoms in total. The smallest absolute Gasteiger partial charge is 0.310 e. The van der Waals surface area contributed by atoms with Gasteiger partial charge in [0, 0.05) is 18.5 Å². The van der Waals surface area contributed by atoms with E-state index in [4.69, 9.17) is 16.3 Å². The summed E-state index contributed by atoms with van der Waals surface area (Å²) in [6, 6.07) is 8.66. The fourth-order valence-corrected chi connectivity index (χ4v) is 3.59. The van der Waals surface area contributed by atoms with Gasteiger partial charge >= 0.3 is 5.97 Å². The van der Waals surface area contributed by atoms with Gasteiger partial charge in [0.2, 0.25) is 0 Å². The number of allylic oxidation sites excluding steroid dienone is 1. The molecule has 1 fully saturated rings. The van der Waals surface area contributed by atoms with Crippen molar-refractivity contribution in [2.75, 3.05) is 26.1 Å². The Morgan fingerprint density at radius 2 is 1.96 bits per heavy atom. The van der Waals surface area contributed by atoms with Crippen molar-refractivity contribution in [2.24, 2.45) is 5.92 Å². The minimum absolute atomic E-state index is 0.117. The Labute approximate surface area is 157 Å². The van der Waals surface area contributed by atoms with E-state index in [1.807, 2.05) is 6.08 Å². The Morgan fingerprint density at radius 1 is 1.32 bits per heavy atom. The van der Waals surface area contributed by atoms with Crippen molar-refractivity contribution in [1.82, 2.24) is 4.90 Å². The van der Waals surface area contributed by atoms with E-state index < -0.39 is 0 Å². The van der Waals surface area contributed by atoms with Crippen molar-refractivity contribution >= 4 is 17.6 Å². The molecule has 0 spiro atoms. The zero-order chi connectivity index (χ0) is 18.8. The monoisotopic (exact) mass is 361 g/mol. The van der Waals surface area contributed by atoms with Crippen LogP contribution in [0.25, 0.3) is 0 Å². The van der Waals surface area contributed by atoms with Crippen LogP contribution in [0.5, 0.6) is 0 Å². The third kappa shape index (κ3) is 5.63. The van der Waals surface area contributed by atoms with E-state index in [2.05, 4.69) is 61.9 Å². The lowest BCUT2D eigenvalue weighted by atomic mass is 9.76. The van der Waals surface area contributed by atoms with Crippen LogP contribution >= 0.6 is 11.6 Å². The van der Waals surface area contributed by atoms with Gasteiger partial charge in [-0.1, -0.05) is 42.0 Å². The molecule has 3 unspecified atom stereocenters. The summed E-state index contributed by atoms with van der Waals surface area (Å²) in [6.45, 7) is 5.99. The third-order valence-corrected chi connectivity index (χ3v) is 5.01. The van der Waals surface area contributed by atoms with Gasteiger partial charge in [0.1, 0.15) is 0 Å². The number of carbonyl (C=O) groups excluding carboxylic acids is 1. The first-order chi connectivity index (χ1) is 12.1. The molecule has 4 heteroatoms. The number of benzene rings is 1. The average Bonchev–Trinajstić information content (AvgIpc) is 2.65. The van der Waals surface area contributed by atoms with E-state index >= 15 is 0 Å². The summed E-state index contributed by atoms with van der Waals surface area (Å²) in [7, 11) is 1.48. The normalized spacial score (nSPS) is 23.7. The molecule has 1 aromatic rings. The summed E-state index contributed by atoms with van der Waals surface area (Å²) >= 11 is 5.69. The third-order valence-electron chi connectivity index (χ3n) is 4.83. The summed E-state index contributed by atoms with van der Waals surface area (Å²) < 4.78 is 5.10. The van der Waals surface area contributed by atoms with Crippen LogP contribution < -0.4 is 0 Å². The summed E-state index contributed by atoms with van der Waals surface area (Å²) in [6.07, 6.45) is 13.0. The molecule has 0 radical (unpaired) electrons. The van der Waals surface area contributed by atoms with E-state index in [1.165, 1.54) is 18.2 Å². The van der Waals surface area contributed by atoms with Crippen molar-refractivity contribution in [2.45, 2.75) is 32.2 Å². The van der Waals surface area contributed by atoms with Gasteiger partial charge in [0.25, 0.3) is 0 Å². The molecule has 3 atom stereocenters. The maximum atomic E-state index is 12.4. The van der Waals surface area contributed by atoms with E-state index in [0.29, 0.717) is 5.88 Å². The van der Waals surface area contributed by atoms with Crippen molar-refractivity contribution in [3.8, 4) is 12.8 Å². The Kier molecular flexibility index (Phi) is 9.34. The van der Waals surface area contributed by atoms with E-state index in [1.54, 1.807) is 0 Å². The number of rotatable bonds is 5. The van der Waals surface area contributed by atoms with Crippen LogP contribution in [0.15, 0.2) is 36.4 Å². The highest BCUT2D eigenvalue weighted by molar-refractivity contribution is 6.18. The molecule has 0 aromatic heterocycles. The van der Waals surface area contributed by atoms with Gasteiger partial charge in [-0.3, -0.25) is 9.69 Å². The lowest BCUT2D eigenvalue weighted by Gasteiger charge is -2.42. The van der Waals surface area contributed by atoms with E-state index in [0.717, 1.165) is 19.5 Å². The van der Waals surface area contributed by atoms with Gasteiger partial charge in [-0.05, 0) is 38.3 Å². The first-order valence-corrected chi connectivity index (χ1v) is 9.04. The molecular weight excluding hydrogens is 334 g/mol. The summed E-state index contributed by atoms with van der Waals surface area (Å²) in [4.78, 5) is 14.7. The number of esters is 1. The highest BCUT2D eigenvalue weighted by Crippen LogP contribution is 2.37. The molecule has 0 aliphatic carbocycles. The number of likely N-dealkylation sites (tertiary alicyclic amines) is 1. The standard InChI is InChI=1S/C19H26ClNO2.C2H2/c1-14-6-8-16(9-7-14)17-10-13-21(12-5-4-11-20)15(2)18(17)19(22)23-3;1-2/h4-9,15,17-18H,10-13H2,1-3H3;1-2H/b5-4+;. The van der Waals surface area contributed by atoms with Crippen LogP contribution in [0, 0.1) is 25.7 Å². The van der Waals surface area contributed by atoms with Gasteiger partial charge < -0.3 is 4.74 Å². The van der Waals surface area contributed by atoms with Crippen molar-refractivity contribution in [3.63, 3.8) is 0 Å². The quantitative estimate of drug-likeness (QED) is 0.343. The molecule has 0 saturated carbocycles. The van der Waals surface area contributed by atoms with Crippen molar-refractivity contribution in [3.05, 3.63) is 47.5 Å². The summed E-state index contributed by atoms with van der Waals surface area (Å²) in [5.41, 5.74) is 2.47. The zero-order valence-electron chi connectivity index (χ0n) is 15.3. The second kappa shape index (κ2) is 11.0.